The lowest BCUT2D eigenvalue weighted by Crippen LogP contribution is -2.35. The first kappa shape index (κ1) is 19.6. The van der Waals surface area contributed by atoms with Gasteiger partial charge in [0.25, 0.3) is 0 Å². The number of benzene rings is 2. The molecule has 0 fully saturated rings. The number of nitrogens with one attached hydrogen (secondary N) is 2. The lowest BCUT2D eigenvalue weighted by Gasteiger charge is -2.18. The van der Waals surface area contributed by atoms with Crippen LogP contribution in [0.15, 0.2) is 46.9 Å². The minimum Gasteiger partial charge on any atom is -0.360 e. The predicted octanol–water partition coefficient (Wildman–Crippen LogP) is 5.98. The van der Waals surface area contributed by atoms with E-state index in [0.717, 1.165) is 27.7 Å². The van der Waals surface area contributed by atoms with Crippen LogP contribution in [0.2, 0.25) is 0 Å². The standard InChI is InChI=1S/C20H22BrFN2S/c1-13-6-4-7-14(2)19(13)24-20(25)23-15(3)8-5-9-16-10-11-17(21)12-18(16)22/h4-7,9-12,15H,8H2,1-3H3,(H2,23,24,25). The summed E-state index contributed by atoms with van der Waals surface area (Å²) in [7, 11) is 0. The monoisotopic (exact) mass is 420 g/mol. The van der Waals surface area contributed by atoms with Gasteiger partial charge in [0.1, 0.15) is 5.82 Å². The molecule has 0 aliphatic carbocycles. The normalized spacial score (nSPS) is 12.2. The van der Waals surface area contributed by atoms with Crippen LogP contribution in [0.4, 0.5) is 10.1 Å². The maximum absolute atomic E-state index is 13.8. The summed E-state index contributed by atoms with van der Waals surface area (Å²) in [6, 6.07) is 11.3. The summed E-state index contributed by atoms with van der Waals surface area (Å²) >= 11 is 8.66. The van der Waals surface area contributed by atoms with Crippen molar-refractivity contribution in [2.24, 2.45) is 0 Å². The van der Waals surface area contributed by atoms with Crippen LogP contribution in [-0.2, 0) is 0 Å². The molecule has 2 nitrogen and oxygen atoms in total. The maximum atomic E-state index is 13.8. The van der Waals surface area contributed by atoms with Gasteiger partial charge in [0, 0.05) is 21.8 Å². The van der Waals surface area contributed by atoms with Gasteiger partial charge < -0.3 is 10.6 Å². The van der Waals surface area contributed by atoms with E-state index in [4.69, 9.17) is 12.2 Å². The van der Waals surface area contributed by atoms with E-state index >= 15 is 0 Å². The zero-order valence-corrected chi connectivity index (χ0v) is 17.0. The Hall–Kier alpha value is -1.72. The fraction of sp³-hybridized carbons (Fsp3) is 0.250. The van der Waals surface area contributed by atoms with Crippen molar-refractivity contribution in [3.63, 3.8) is 0 Å². The van der Waals surface area contributed by atoms with Crippen molar-refractivity contribution in [2.75, 3.05) is 5.32 Å². The smallest absolute Gasteiger partial charge is 0.171 e. The van der Waals surface area contributed by atoms with Gasteiger partial charge in [-0.15, -0.1) is 0 Å². The number of hydrogen-bond donors (Lipinski definition) is 2. The molecule has 0 heterocycles. The second kappa shape index (κ2) is 9.11. The predicted molar refractivity (Wildman–Crippen MR) is 112 cm³/mol. The van der Waals surface area contributed by atoms with E-state index in [1.54, 1.807) is 12.1 Å². The fourth-order valence-corrected chi connectivity index (χ4v) is 3.12. The van der Waals surface area contributed by atoms with E-state index in [2.05, 4.69) is 52.5 Å². The Labute approximate surface area is 162 Å². The topological polar surface area (TPSA) is 24.1 Å². The van der Waals surface area contributed by atoms with Crippen molar-refractivity contribution in [3.8, 4) is 0 Å². The average molecular weight is 421 g/mol. The number of aryl methyl sites for hydroxylation is 2. The summed E-state index contributed by atoms with van der Waals surface area (Å²) in [6.07, 6.45) is 4.48. The van der Waals surface area contributed by atoms with E-state index in [0.29, 0.717) is 10.7 Å². The second-order valence-electron chi connectivity index (χ2n) is 6.07. The van der Waals surface area contributed by atoms with E-state index in [9.17, 15) is 4.39 Å². The minimum absolute atomic E-state index is 0.138. The first-order chi connectivity index (χ1) is 11.9. The fourth-order valence-electron chi connectivity index (χ4n) is 2.48. The summed E-state index contributed by atoms with van der Waals surface area (Å²) in [5.74, 6) is -0.238. The van der Waals surface area contributed by atoms with Crippen molar-refractivity contribution in [1.82, 2.24) is 5.32 Å². The highest BCUT2D eigenvalue weighted by Crippen LogP contribution is 2.19. The van der Waals surface area contributed by atoms with Crippen molar-refractivity contribution in [3.05, 3.63) is 69.5 Å². The molecule has 0 aromatic heterocycles. The van der Waals surface area contributed by atoms with Crippen LogP contribution in [0.1, 0.15) is 30.0 Å². The highest BCUT2D eigenvalue weighted by atomic mass is 79.9. The lowest BCUT2D eigenvalue weighted by atomic mass is 10.1. The number of anilines is 1. The molecule has 0 spiro atoms. The molecule has 2 aromatic carbocycles. The van der Waals surface area contributed by atoms with Crippen LogP contribution < -0.4 is 10.6 Å². The van der Waals surface area contributed by atoms with Crippen molar-refractivity contribution in [1.29, 1.82) is 0 Å². The molecule has 2 N–H and O–H groups in total. The third kappa shape index (κ3) is 5.94. The summed E-state index contributed by atoms with van der Waals surface area (Å²) in [4.78, 5) is 0. The molecule has 1 atom stereocenters. The third-order valence-corrected chi connectivity index (χ3v) is 4.56. The molecule has 0 aliphatic heterocycles. The molecule has 2 rings (SSSR count). The van der Waals surface area contributed by atoms with E-state index in [1.807, 2.05) is 25.1 Å². The molecular formula is C20H22BrFN2S. The lowest BCUT2D eigenvalue weighted by molar-refractivity contribution is 0.624. The van der Waals surface area contributed by atoms with Crippen LogP contribution in [0.5, 0.6) is 0 Å². The molecular weight excluding hydrogens is 399 g/mol. The molecule has 25 heavy (non-hydrogen) atoms. The third-order valence-electron chi connectivity index (χ3n) is 3.85. The molecule has 0 amide bonds. The Morgan fingerprint density at radius 1 is 1.24 bits per heavy atom. The van der Waals surface area contributed by atoms with Gasteiger partial charge in [0.15, 0.2) is 5.11 Å². The van der Waals surface area contributed by atoms with Gasteiger partial charge in [0.05, 0.1) is 0 Å². The molecule has 0 bridgehead atoms. The minimum atomic E-state index is -0.238. The highest BCUT2D eigenvalue weighted by molar-refractivity contribution is 9.10. The van der Waals surface area contributed by atoms with Crippen LogP contribution in [0.3, 0.4) is 0 Å². The molecule has 0 saturated carbocycles. The van der Waals surface area contributed by atoms with Gasteiger partial charge >= 0.3 is 0 Å². The quantitative estimate of drug-likeness (QED) is 0.581. The number of para-hydroxylation sites is 1. The van der Waals surface area contributed by atoms with Crippen molar-refractivity contribution >= 4 is 45.0 Å². The zero-order valence-electron chi connectivity index (χ0n) is 14.6. The summed E-state index contributed by atoms with van der Waals surface area (Å²) in [5.41, 5.74) is 3.93. The van der Waals surface area contributed by atoms with Gasteiger partial charge in [-0.3, -0.25) is 0 Å². The molecule has 0 aliphatic rings. The van der Waals surface area contributed by atoms with Gasteiger partial charge in [-0.05, 0) is 62.7 Å². The summed E-state index contributed by atoms with van der Waals surface area (Å²) in [6.45, 7) is 6.15. The van der Waals surface area contributed by atoms with Crippen molar-refractivity contribution < 1.29 is 4.39 Å². The summed E-state index contributed by atoms with van der Waals surface area (Å²) < 4.78 is 14.5. The molecule has 0 saturated heterocycles. The largest absolute Gasteiger partial charge is 0.360 e. The Morgan fingerprint density at radius 3 is 2.56 bits per heavy atom. The van der Waals surface area contributed by atoms with Crippen LogP contribution in [0.25, 0.3) is 6.08 Å². The van der Waals surface area contributed by atoms with Gasteiger partial charge in [-0.25, -0.2) is 4.39 Å². The molecule has 1 unspecified atom stereocenters. The van der Waals surface area contributed by atoms with Crippen LogP contribution in [-0.4, -0.2) is 11.2 Å². The first-order valence-electron chi connectivity index (χ1n) is 8.12. The van der Waals surface area contributed by atoms with Crippen molar-refractivity contribution in [2.45, 2.75) is 33.2 Å². The van der Waals surface area contributed by atoms with Crippen LogP contribution >= 0.6 is 28.1 Å². The van der Waals surface area contributed by atoms with Gasteiger partial charge in [0.2, 0.25) is 0 Å². The molecule has 132 valence electrons. The van der Waals surface area contributed by atoms with E-state index < -0.39 is 0 Å². The second-order valence-corrected chi connectivity index (χ2v) is 7.39. The van der Waals surface area contributed by atoms with Gasteiger partial charge in [-0.2, -0.15) is 0 Å². The maximum Gasteiger partial charge on any atom is 0.171 e. The Kier molecular flexibility index (Phi) is 7.14. The molecule has 0 radical (unpaired) electrons. The summed E-state index contributed by atoms with van der Waals surface area (Å²) in [5, 5.41) is 7.12. The number of hydrogen-bond acceptors (Lipinski definition) is 1. The number of rotatable bonds is 5. The SMILES string of the molecule is Cc1cccc(C)c1NC(=S)NC(C)CC=Cc1ccc(Br)cc1F. The zero-order chi connectivity index (χ0) is 18.4. The Bertz CT molecular complexity index is 769. The highest BCUT2D eigenvalue weighted by Gasteiger charge is 2.07. The molecule has 5 heteroatoms. The average Bonchev–Trinajstić information content (AvgIpc) is 2.53. The molecule has 2 aromatic rings. The number of thiocarbonyl (C=S) groups is 1. The van der Waals surface area contributed by atoms with E-state index in [-0.39, 0.29) is 11.9 Å². The number of halogens is 2. The van der Waals surface area contributed by atoms with E-state index in [1.165, 1.54) is 6.07 Å². The first-order valence-corrected chi connectivity index (χ1v) is 9.32. The Morgan fingerprint density at radius 2 is 1.92 bits per heavy atom. The Balaban J connectivity index is 1.88. The van der Waals surface area contributed by atoms with Gasteiger partial charge in [-0.1, -0.05) is 52.3 Å². The van der Waals surface area contributed by atoms with Crippen LogP contribution in [0, 0.1) is 19.7 Å².